The first-order chi connectivity index (χ1) is 15.2. The summed E-state index contributed by atoms with van der Waals surface area (Å²) in [5, 5.41) is 3.30. The molecule has 4 rings (SSSR count). The van der Waals surface area contributed by atoms with E-state index < -0.39 is 0 Å². The van der Waals surface area contributed by atoms with Crippen LogP contribution in [0.2, 0.25) is 0 Å². The Balaban J connectivity index is 1.75. The second-order valence-electron chi connectivity index (χ2n) is 7.51. The van der Waals surface area contributed by atoms with Gasteiger partial charge in [0, 0.05) is 5.57 Å². The summed E-state index contributed by atoms with van der Waals surface area (Å²) in [5.41, 5.74) is 5.81. The van der Waals surface area contributed by atoms with E-state index in [9.17, 15) is 4.79 Å². The van der Waals surface area contributed by atoms with Gasteiger partial charge in [0.25, 0.3) is 5.91 Å². The van der Waals surface area contributed by atoms with Gasteiger partial charge in [0.05, 0.1) is 6.04 Å². The zero-order chi connectivity index (χ0) is 21.5. The lowest BCUT2D eigenvalue weighted by Crippen LogP contribution is -2.30. The smallest absolute Gasteiger partial charge is 0.252 e. The Kier molecular flexibility index (Phi) is 6.39. The van der Waals surface area contributed by atoms with Crippen LogP contribution in [0.5, 0.6) is 0 Å². The predicted molar refractivity (Wildman–Crippen MR) is 128 cm³/mol. The monoisotopic (exact) mass is 403 g/mol. The van der Waals surface area contributed by atoms with Crippen molar-refractivity contribution in [1.29, 1.82) is 0 Å². The third-order valence-electron chi connectivity index (χ3n) is 5.35. The maximum absolute atomic E-state index is 13.6. The lowest BCUT2D eigenvalue weighted by molar-refractivity contribution is -0.116. The molecule has 1 atom stereocenters. The van der Waals surface area contributed by atoms with Crippen molar-refractivity contribution < 1.29 is 4.79 Å². The summed E-state index contributed by atoms with van der Waals surface area (Å²) in [4.78, 5) is 13.6. The average Bonchev–Trinajstić information content (AvgIpc) is 2.83. The van der Waals surface area contributed by atoms with E-state index in [0.29, 0.717) is 5.57 Å². The van der Waals surface area contributed by atoms with Crippen molar-refractivity contribution in [3.63, 3.8) is 0 Å². The molecule has 0 saturated heterocycles. The van der Waals surface area contributed by atoms with Crippen molar-refractivity contribution in [3.8, 4) is 0 Å². The minimum atomic E-state index is -0.238. The lowest BCUT2D eigenvalue weighted by atomic mass is 9.94. The summed E-state index contributed by atoms with van der Waals surface area (Å²) >= 11 is 0. The lowest BCUT2D eigenvalue weighted by Gasteiger charge is -2.22. The zero-order valence-corrected chi connectivity index (χ0v) is 17.5. The number of benzene rings is 4. The highest BCUT2D eigenvalue weighted by Gasteiger charge is 2.21. The molecule has 4 aromatic rings. The first-order valence-electron chi connectivity index (χ1n) is 10.5. The van der Waals surface area contributed by atoms with Gasteiger partial charge in [-0.1, -0.05) is 115 Å². The van der Waals surface area contributed by atoms with Gasteiger partial charge in [-0.05, 0) is 40.8 Å². The van der Waals surface area contributed by atoms with Crippen LogP contribution in [0.25, 0.3) is 11.6 Å². The third-order valence-corrected chi connectivity index (χ3v) is 5.35. The van der Waals surface area contributed by atoms with Crippen molar-refractivity contribution in [3.05, 3.63) is 143 Å². The first-order valence-corrected chi connectivity index (χ1v) is 10.5. The molecule has 0 fully saturated rings. The predicted octanol–water partition coefficient (Wildman–Crippen LogP) is 6.44. The van der Waals surface area contributed by atoms with Gasteiger partial charge in [-0.15, -0.1) is 0 Å². The van der Waals surface area contributed by atoms with Crippen molar-refractivity contribution >= 4 is 17.6 Å². The van der Waals surface area contributed by atoms with E-state index in [2.05, 4.69) is 36.5 Å². The van der Waals surface area contributed by atoms with E-state index in [1.807, 2.05) is 97.1 Å². The molecular weight excluding hydrogens is 378 g/mol. The first kappa shape index (κ1) is 20.4. The summed E-state index contributed by atoms with van der Waals surface area (Å²) in [6.07, 6.45) is 1.95. The molecule has 1 N–H and O–H groups in total. The number of nitrogens with one attached hydrogen (secondary N) is 1. The van der Waals surface area contributed by atoms with E-state index in [1.165, 1.54) is 0 Å². The zero-order valence-electron chi connectivity index (χ0n) is 17.5. The molecule has 2 heteroatoms. The summed E-state index contributed by atoms with van der Waals surface area (Å²) in [5.74, 6) is -0.104. The van der Waals surface area contributed by atoms with Gasteiger partial charge in [0.2, 0.25) is 0 Å². The molecule has 152 valence electrons. The van der Waals surface area contributed by atoms with Crippen LogP contribution in [-0.2, 0) is 4.79 Å². The largest absolute Gasteiger partial charge is 0.341 e. The second kappa shape index (κ2) is 9.73. The van der Waals surface area contributed by atoms with Crippen LogP contribution in [0.4, 0.5) is 0 Å². The molecule has 1 amide bonds. The normalized spacial score (nSPS) is 12.2. The SMILES string of the molecule is Cc1ccccc1[C@H](NC(=O)/C(=C/c1ccccc1)c1ccccc1)c1ccccc1. The van der Waals surface area contributed by atoms with Crippen LogP contribution in [-0.4, -0.2) is 5.91 Å². The van der Waals surface area contributed by atoms with Gasteiger partial charge in [-0.2, -0.15) is 0 Å². The van der Waals surface area contributed by atoms with Crippen LogP contribution < -0.4 is 5.32 Å². The molecular formula is C29H25NO. The maximum atomic E-state index is 13.6. The maximum Gasteiger partial charge on any atom is 0.252 e. The number of aryl methyl sites for hydroxylation is 1. The number of rotatable bonds is 6. The van der Waals surface area contributed by atoms with E-state index in [0.717, 1.165) is 27.8 Å². The Morgan fingerprint density at radius 2 is 1.26 bits per heavy atom. The number of carbonyl (C=O) groups excluding carboxylic acids is 1. The molecule has 0 aliphatic heterocycles. The Labute approximate surface area is 183 Å². The minimum Gasteiger partial charge on any atom is -0.341 e. The van der Waals surface area contributed by atoms with E-state index in [4.69, 9.17) is 0 Å². The van der Waals surface area contributed by atoms with Crippen molar-refractivity contribution in [2.24, 2.45) is 0 Å². The molecule has 4 aromatic carbocycles. The fourth-order valence-corrected chi connectivity index (χ4v) is 3.72. The van der Waals surface area contributed by atoms with E-state index in [1.54, 1.807) is 0 Å². The summed E-state index contributed by atoms with van der Waals surface area (Å²) in [6, 6.07) is 37.8. The van der Waals surface area contributed by atoms with Gasteiger partial charge >= 0.3 is 0 Å². The Hall–Kier alpha value is -3.91. The standard InChI is InChI=1S/C29H25NO/c1-22-13-11-12-20-26(22)28(25-18-9-4-10-19-25)30-29(31)27(24-16-7-3-8-17-24)21-23-14-5-2-6-15-23/h2-21,28H,1H3,(H,30,31)/b27-21+/t28-/m1/s1. The summed E-state index contributed by atoms with van der Waals surface area (Å²) in [7, 11) is 0. The van der Waals surface area contributed by atoms with Crippen molar-refractivity contribution in [2.75, 3.05) is 0 Å². The van der Waals surface area contributed by atoms with Crippen LogP contribution >= 0.6 is 0 Å². The molecule has 0 bridgehead atoms. The van der Waals surface area contributed by atoms with Crippen LogP contribution in [0.3, 0.4) is 0 Å². The highest BCUT2D eigenvalue weighted by atomic mass is 16.1. The van der Waals surface area contributed by atoms with Crippen molar-refractivity contribution in [2.45, 2.75) is 13.0 Å². The van der Waals surface area contributed by atoms with Gasteiger partial charge in [-0.3, -0.25) is 4.79 Å². The number of carbonyl (C=O) groups is 1. The molecule has 0 saturated carbocycles. The molecule has 0 radical (unpaired) electrons. The molecule has 0 unspecified atom stereocenters. The summed E-state index contributed by atoms with van der Waals surface area (Å²) < 4.78 is 0. The summed E-state index contributed by atoms with van der Waals surface area (Å²) in [6.45, 7) is 2.08. The number of hydrogen-bond donors (Lipinski definition) is 1. The van der Waals surface area contributed by atoms with Gasteiger partial charge in [0.1, 0.15) is 0 Å². The molecule has 0 heterocycles. The van der Waals surface area contributed by atoms with E-state index in [-0.39, 0.29) is 11.9 Å². The van der Waals surface area contributed by atoms with Gasteiger partial charge < -0.3 is 5.32 Å². The molecule has 0 aliphatic carbocycles. The molecule has 2 nitrogen and oxygen atoms in total. The van der Waals surface area contributed by atoms with Crippen LogP contribution in [0.15, 0.2) is 115 Å². The van der Waals surface area contributed by atoms with Crippen molar-refractivity contribution in [1.82, 2.24) is 5.32 Å². The highest BCUT2D eigenvalue weighted by molar-refractivity contribution is 6.24. The minimum absolute atomic E-state index is 0.104. The Morgan fingerprint density at radius 1 is 0.710 bits per heavy atom. The molecule has 0 spiro atoms. The topological polar surface area (TPSA) is 29.1 Å². The Bertz CT molecular complexity index is 1170. The number of amides is 1. The highest BCUT2D eigenvalue weighted by Crippen LogP contribution is 2.27. The molecule has 0 aromatic heterocycles. The van der Waals surface area contributed by atoms with Gasteiger partial charge in [-0.25, -0.2) is 0 Å². The fraction of sp³-hybridized carbons (Fsp3) is 0.0690. The van der Waals surface area contributed by atoms with E-state index >= 15 is 0 Å². The quantitative estimate of drug-likeness (QED) is 0.291. The van der Waals surface area contributed by atoms with Crippen LogP contribution in [0, 0.1) is 6.92 Å². The number of hydrogen-bond acceptors (Lipinski definition) is 1. The fourth-order valence-electron chi connectivity index (χ4n) is 3.72. The second-order valence-corrected chi connectivity index (χ2v) is 7.51. The average molecular weight is 404 g/mol. The van der Waals surface area contributed by atoms with Crippen LogP contribution in [0.1, 0.15) is 33.9 Å². The Morgan fingerprint density at radius 3 is 1.90 bits per heavy atom. The molecule has 0 aliphatic rings. The third kappa shape index (κ3) is 4.99. The molecule has 31 heavy (non-hydrogen) atoms. The van der Waals surface area contributed by atoms with Gasteiger partial charge in [0.15, 0.2) is 0 Å².